The maximum atomic E-state index is 13.1. The number of anilines is 2. The highest BCUT2D eigenvalue weighted by Gasteiger charge is 2.39. The van der Waals surface area contributed by atoms with Crippen LogP contribution in [0.5, 0.6) is 0 Å². The molecule has 144 valence electrons. The number of rotatable bonds is 0. The number of carbonyl (C=O) groups is 2. The van der Waals surface area contributed by atoms with Gasteiger partial charge in [0.2, 0.25) is 5.91 Å². The van der Waals surface area contributed by atoms with Gasteiger partial charge in [0, 0.05) is 40.2 Å². The Morgan fingerprint density at radius 2 is 2.00 bits per heavy atom. The van der Waals surface area contributed by atoms with Crippen LogP contribution in [0.15, 0.2) is 16.9 Å². The molecule has 0 radical (unpaired) electrons. The molecule has 10 heteroatoms. The van der Waals surface area contributed by atoms with E-state index >= 15 is 0 Å². The molecule has 1 fully saturated rings. The van der Waals surface area contributed by atoms with E-state index in [2.05, 4.69) is 4.98 Å². The number of aryl methyl sites for hydroxylation is 1. The van der Waals surface area contributed by atoms with Gasteiger partial charge in [0.05, 0.1) is 17.2 Å². The van der Waals surface area contributed by atoms with E-state index < -0.39 is 12.1 Å². The summed E-state index contributed by atoms with van der Waals surface area (Å²) in [5.74, 6) is -0.270. The Kier molecular flexibility index (Phi) is 3.96. The number of hydrogen-bond donors (Lipinski definition) is 1. The number of amides is 2. The molecule has 1 atom stereocenters. The number of carbonyl (C=O) groups excluding carboxylic acids is 1. The van der Waals surface area contributed by atoms with Crippen molar-refractivity contribution in [3.8, 4) is 6.07 Å². The van der Waals surface area contributed by atoms with Crippen molar-refractivity contribution >= 4 is 34.4 Å². The lowest BCUT2D eigenvalue weighted by atomic mass is 10.1. The van der Waals surface area contributed by atoms with Crippen molar-refractivity contribution in [1.29, 1.82) is 5.26 Å². The third kappa shape index (κ3) is 2.47. The molecule has 4 rings (SSSR count). The van der Waals surface area contributed by atoms with Crippen molar-refractivity contribution in [1.82, 2.24) is 14.5 Å². The van der Waals surface area contributed by atoms with Gasteiger partial charge >= 0.3 is 6.09 Å². The van der Waals surface area contributed by atoms with Crippen molar-refractivity contribution in [2.24, 2.45) is 7.05 Å². The fourth-order valence-electron chi connectivity index (χ4n) is 3.98. The Labute approximate surface area is 159 Å². The lowest BCUT2D eigenvalue weighted by Crippen LogP contribution is -2.55. The third-order valence-corrected chi connectivity index (χ3v) is 5.47. The maximum absolute atomic E-state index is 13.1. The largest absolute Gasteiger partial charge is 0.465 e. The summed E-state index contributed by atoms with van der Waals surface area (Å²) in [6.07, 6.45) is -0.957. The first-order valence-electron chi connectivity index (χ1n) is 8.78. The summed E-state index contributed by atoms with van der Waals surface area (Å²) < 4.78 is 1.42. The maximum Gasteiger partial charge on any atom is 0.407 e. The topological polar surface area (TPSA) is 123 Å². The summed E-state index contributed by atoms with van der Waals surface area (Å²) in [7, 11) is 3.14. The number of aromatic nitrogens is 2. The zero-order chi connectivity index (χ0) is 20.2. The molecule has 2 aromatic heterocycles. The summed E-state index contributed by atoms with van der Waals surface area (Å²) in [4.78, 5) is 46.2. The number of hydrogen-bond acceptors (Lipinski definition) is 6. The average Bonchev–Trinajstić information content (AvgIpc) is 2.79. The van der Waals surface area contributed by atoms with Crippen LogP contribution in [0.2, 0.25) is 0 Å². The standard InChI is InChI=1S/C18H18N6O4/c1-21-12-4-3-10(8-19)20-14(12)15-16(17(21)26)22(2)13(25)7-11-9-23(18(27)28)5-6-24(11)15/h3-4,11H,5-7,9H2,1-2H3,(H,27,28). The molecule has 0 aliphatic carbocycles. The molecule has 2 aromatic rings. The Bertz CT molecular complexity index is 1120. The van der Waals surface area contributed by atoms with Crippen LogP contribution in [-0.4, -0.2) is 64.3 Å². The first kappa shape index (κ1) is 17.8. The highest BCUT2D eigenvalue weighted by atomic mass is 16.4. The molecule has 0 bridgehead atoms. The monoisotopic (exact) mass is 382 g/mol. The van der Waals surface area contributed by atoms with Gasteiger partial charge in [0.1, 0.15) is 23.0 Å². The molecule has 2 amide bonds. The van der Waals surface area contributed by atoms with Crippen LogP contribution < -0.4 is 15.4 Å². The van der Waals surface area contributed by atoms with Gasteiger partial charge in [0.25, 0.3) is 5.56 Å². The van der Waals surface area contributed by atoms with Crippen molar-refractivity contribution in [3.05, 3.63) is 28.2 Å². The van der Waals surface area contributed by atoms with Crippen LogP contribution in [-0.2, 0) is 11.8 Å². The molecule has 1 saturated heterocycles. The lowest BCUT2D eigenvalue weighted by Gasteiger charge is -2.40. The Morgan fingerprint density at radius 1 is 1.25 bits per heavy atom. The van der Waals surface area contributed by atoms with E-state index in [4.69, 9.17) is 0 Å². The molecule has 0 saturated carbocycles. The summed E-state index contributed by atoms with van der Waals surface area (Å²) in [6, 6.07) is 4.80. The summed E-state index contributed by atoms with van der Waals surface area (Å²) in [6.45, 7) is 0.729. The number of fused-ring (bicyclic) bond motifs is 5. The van der Waals surface area contributed by atoms with Crippen LogP contribution in [0.1, 0.15) is 12.1 Å². The predicted molar refractivity (Wildman–Crippen MR) is 100 cm³/mol. The van der Waals surface area contributed by atoms with Gasteiger partial charge < -0.3 is 24.4 Å². The predicted octanol–water partition coefficient (Wildman–Crippen LogP) is 0.340. The first-order valence-corrected chi connectivity index (χ1v) is 8.78. The normalized spacial score (nSPS) is 19.1. The lowest BCUT2D eigenvalue weighted by molar-refractivity contribution is -0.118. The van der Waals surface area contributed by atoms with E-state index in [0.717, 1.165) is 0 Å². The smallest absolute Gasteiger partial charge is 0.407 e. The highest BCUT2D eigenvalue weighted by Crippen LogP contribution is 2.38. The number of nitrogens with zero attached hydrogens (tertiary/aromatic N) is 6. The van der Waals surface area contributed by atoms with Gasteiger partial charge in [-0.1, -0.05) is 0 Å². The van der Waals surface area contributed by atoms with Gasteiger partial charge in [-0.3, -0.25) is 9.59 Å². The van der Waals surface area contributed by atoms with E-state index in [9.17, 15) is 24.8 Å². The third-order valence-electron chi connectivity index (χ3n) is 5.47. The van der Waals surface area contributed by atoms with Crippen molar-refractivity contribution in [2.45, 2.75) is 12.5 Å². The molecule has 1 unspecified atom stereocenters. The van der Waals surface area contributed by atoms with Gasteiger partial charge in [-0.05, 0) is 12.1 Å². The number of piperazine rings is 1. The Hall–Kier alpha value is -3.61. The van der Waals surface area contributed by atoms with E-state index in [0.29, 0.717) is 23.3 Å². The van der Waals surface area contributed by atoms with Crippen molar-refractivity contribution in [2.75, 3.05) is 36.5 Å². The van der Waals surface area contributed by atoms with E-state index in [1.165, 1.54) is 21.4 Å². The SMILES string of the molecule is CN1C(=O)CC2CN(C(=O)O)CCN2c2c1c(=O)n(C)c1ccc(C#N)nc21. The van der Waals surface area contributed by atoms with Crippen LogP contribution in [0.25, 0.3) is 11.0 Å². The van der Waals surface area contributed by atoms with E-state index in [1.54, 1.807) is 19.2 Å². The number of carboxylic acid groups (broad SMARTS) is 1. The second kappa shape index (κ2) is 6.23. The summed E-state index contributed by atoms with van der Waals surface area (Å²) >= 11 is 0. The molecule has 0 spiro atoms. The van der Waals surface area contributed by atoms with Crippen LogP contribution >= 0.6 is 0 Å². The van der Waals surface area contributed by atoms with Crippen LogP contribution in [0.3, 0.4) is 0 Å². The molecule has 10 nitrogen and oxygen atoms in total. The van der Waals surface area contributed by atoms with Gasteiger partial charge in [-0.25, -0.2) is 9.78 Å². The quantitative estimate of drug-likeness (QED) is 0.697. The number of pyridine rings is 2. The second-order valence-electron chi connectivity index (χ2n) is 6.97. The molecule has 4 heterocycles. The van der Waals surface area contributed by atoms with Crippen LogP contribution in [0, 0.1) is 11.3 Å². The van der Waals surface area contributed by atoms with E-state index in [1.807, 2.05) is 11.0 Å². The van der Waals surface area contributed by atoms with Crippen LogP contribution in [0.4, 0.5) is 16.2 Å². The van der Waals surface area contributed by atoms with Gasteiger partial charge in [-0.2, -0.15) is 5.26 Å². The molecule has 0 aromatic carbocycles. The van der Waals surface area contributed by atoms with Crippen molar-refractivity contribution in [3.63, 3.8) is 0 Å². The summed E-state index contributed by atoms with van der Waals surface area (Å²) in [5, 5.41) is 18.6. The summed E-state index contributed by atoms with van der Waals surface area (Å²) in [5.41, 5.74) is 1.54. The number of nitriles is 1. The molecule has 1 N–H and O–H groups in total. The minimum Gasteiger partial charge on any atom is -0.465 e. The molecular weight excluding hydrogens is 364 g/mol. The van der Waals surface area contributed by atoms with Crippen molar-refractivity contribution < 1.29 is 14.7 Å². The molecule has 28 heavy (non-hydrogen) atoms. The Balaban J connectivity index is 2.03. The zero-order valence-electron chi connectivity index (χ0n) is 15.4. The minimum absolute atomic E-state index is 0.0809. The molecular formula is C18H18N6O4. The Morgan fingerprint density at radius 3 is 2.68 bits per heavy atom. The minimum atomic E-state index is -1.04. The fourth-order valence-corrected chi connectivity index (χ4v) is 3.98. The molecule has 2 aliphatic rings. The van der Waals surface area contributed by atoms with E-state index in [-0.39, 0.29) is 42.4 Å². The zero-order valence-corrected chi connectivity index (χ0v) is 15.4. The highest BCUT2D eigenvalue weighted by molar-refractivity contribution is 6.05. The average molecular weight is 382 g/mol. The fraction of sp³-hybridized carbons (Fsp3) is 0.389. The van der Waals surface area contributed by atoms with Gasteiger partial charge in [0.15, 0.2) is 0 Å². The van der Waals surface area contributed by atoms with Gasteiger partial charge in [-0.15, -0.1) is 0 Å². The first-order chi connectivity index (χ1) is 13.3. The molecule has 2 aliphatic heterocycles. The second-order valence-corrected chi connectivity index (χ2v) is 6.97.